The molecule has 5 nitrogen and oxygen atoms in total. The smallest absolute Gasteiger partial charge is 0.325 e. The van der Waals surface area contributed by atoms with E-state index in [-0.39, 0.29) is 11.8 Å². The molecule has 3 aromatic carbocycles. The lowest BCUT2D eigenvalue weighted by atomic mass is 9.55. The number of carbonyl (C=O) groups is 3. The lowest BCUT2D eigenvalue weighted by Gasteiger charge is -2.45. The van der Waals surface area contributed by atoms with Crippen molar-refractivity contribution in [3.8, 4) is 0 Å². The lowest BCUT2D eigenvalue weighted by molar-refractivity contribution is -0.174. The van der Waals surface area contributed by atoms with Gasteiger partial charge in [-0.3, -0.25) is 9.59 Å². The Morgan fingerprint density at radius 1 is 0.710 bits per heavy atom. The number of amides is 2. The minimum absolute atomic E-state index is 0.220. The van der Waals surface area contributed by atoms with Crippen LogP contribution in [0.3, 0.4) is 0 Å². The third-order valence-corrected chi connectivity index (χ3v) is 6.87. The van der Waals surface area contributed by atoms with E-state index in [1.54, 1.807) is 24.3 Å². The van der Waals surface area contributed by atoms with Crippen LogP contribution >= 0.6 is 0 Å². The summed E-state index contributed by atoms with van der Waals surface area (Å²) in [5, 5.41) is 0.718. The zero-order chi connectivity index (χ0) is 21.3. The molecule has 5 heteroatoms. The largest absolute Gasteiger partial charge is 0.363 e. The molecule has 0 saturated carbocycles. The lowest BCUT2D eigenvalue weighted by Crippen LogP contribution is -2.41. The summed E-state index contributed by atoms with van der Waals surface area (Å²) in [7, 11) is 0. The first-order valence-corrected chi connectivity index (χ1v) is 10.4. The molecule has 0 radical (unpaired) electrons. The van der Waals surface area contributed by atoms with Gasteiger partial charge in [0.25, 0.3) is 11.8 Å². The van der Waals surface area contributed by atoms with Gasteiger partial charge in [0.15, 0.2) is 0 Å². The number of hydroxylamine groups is 2. The van der Waals surface area contributed by atoms with Gasteiger partial charge in [0.05, 0.1) is 17.4 Å². The summed E-state index contributed by atoms with van der Waals surface area (Å²) in [6, 6.07) is 22.9. The van der Waals surface area contributed by atoms with Crippen LogP contribution in [0.25, 0.3) is 0 Å². The molecule has 4 aliphatic rings. The van der Waals surface area contributed by atoms with Crippen LogP contribution in [-0.2, 0) is 14.4 Å². The normalized spacial score (nSPS) is 25.1. The summed E-state index contributed by atoms with van der Waals surface area (Å²) in [5.41, 5.74) is 5.64. The van der Waals surface area contributed by atoms with Gasteiger partial charge in [-0.2, -0.15) is 0 Å². The van der Waals surface area contributed by atoms with E-state index in [1.165, 1.54) is 0 Å². The van der Waals surface area contributed by atoms with Gasteiger partial charge in [0, 0.05) is 11.8 Å². The monoisotopic (exact) mass is 409 g/mol. The molecular formula is C26H19NO4. The molecule has 31 heavy (non-hydrogen) atoms. The summed E-state index contributed by atoms with van der Waals surface area (Å²) in [6.45, 7) is 1.92. The van der Waals surface area contributed by atoms with Gasteiger partial charge >= 0.3 is 5.97 Å². The Labute approximate surface area is 179 Å². The SMILES string of the molecule is Cc1ccc(C(=O)ON2C(=O)[C@H]3C4c5ccccc5C(c5ccccc54)[C@@H]3C2=O)cc1. The molecule has 1 fully saturated rings. The summed E-state index contributed by atoms with van der Waals surface area (Å²) in [5.74, 6) is -3.14. The number of imide groups is 1. The molecule has 0 spiro atoms. The molecule has 3 aromatic rings. The predicted molar refractivity (Wildman–Crippen MR) is 112 cm³/mol. The fourth-order valence-corrected chi connectivity index (χ4v) is 5.57. The summed E-state index contributed by atoms with van der Waals surface area (Å²) in [4.78, 5) is 44.8. The Hall–Kier alpha value is -3.73. The highest BCUT2D eigenvalue weighted by Crippen LogP contribution is 2.60. The summed E-state index contributed by atoms with van der Waals surface area (Å²) in [6.07, 6.45) is 0. The fraction of sp³-hybridized carbons (Fsp3) is 0.192. The van der Waals surface area contributed by atoms with Gasteiger partial charge < -0.3 is 4.84 Å². The average Bonchev–Trinajstić information content (AvgIpc) is 3.05. The number of hydrogen-bond acceptors (Lipinski definition) is 4. The molecule has 0 unspecified atom stereocenters. The Balaban J connectivity index is 1.41. The Morgan fingerprint density at radius 2 is 1.13 bits per heavy atom. The number of nitrogens with zero attached hydrogens (tertiary/aromatic N) is 1. The fourth-order valence-electron chi connectivity index (χ4n) is 5.57. The first kappa shape index (κ1) is 18.1. The molecule has 1 heterocycles. The van der Waals surface area contributed by atoms with Crippen molar-refractivity contribution in [2.45, 2.75) is 18.8 Å². The third kappa shape index (κ3) is 2.40. The Bertz CT molecular complexity index is 1150. The van der Waals surface area contributed by atoms with Crippen molar-refractivity contribution in [2.24, 2.45) is 11.8 Å². The van der Waals surface area contributed by atoms with E-state index < -0.39 is 29.6 Å². The standard InChI is InChI=1S/C26H19NO4/c1-14-10-12-15(13-11-14)26(30)31-27-24(28)22-20-16-6-2-3-7-17(16)21(23(22)25(27)29)19-9-5-4-8-18(19)20/h2-13,20-23H,1H3/t20?,21?,22-,23-/m0/s1. The molecule has 2 bridgehead atoms. The second-order valence-corrected chi connectivity index (χ2v) is 8.48. The quantitative estimate of drug-likeness (QED) is 0.601. The number of hydrogen-bond donors (Lipinski definition) is 0. The van der Waals surface area contributed by atoms with E-state index in [9.17, 15) is 14.4 Å². The highest BCUT2D eigenvalue weighted by atomic mass is 16.7. The van der Waals surface area contributed by atoms with E-state index >= 15 is 0 Å². The number of benzene rings is 3. The Kier molecular flexibility index (Phi) is 3.72. The molecular weight excluding hydrogens is 390 g/mol. The predicted octanol–water partition coefficient (Wildman–Crippen LogP) is 3.96. The van der Waals surface area contributed by atoms with Gasteiger partial charge in [-0.25, -0.2) is 4.79 Å². The molecule has 0 aromatic heterocycles. The molecule has 3 aliphatic carbocycles. The van der Waals surface area contributed by atoms with Crippen molar-refractivity contribution >= 4 is 17.8 Å². The number of rotatable bonds is 2. The highest BCUT2D eigenvalue weighted by molar-refractivity contribution is 6.08. The van der Waals surface area contributed by atoms with Crippen LogP contribution in [0.15, 0.2) is 72.8 Å². The van der Waals surface area contributed by atoms with E-state index in [0.29, 0.717) is 5.56 Å². The first-order chi connectivity index (χ1) is 15.1. The average molecular weight is 409 g/mol. The van der Waals surface area contributed by atoms with Crippen molar-refractivity contribution in [1.82, 2.24) is 5.06 Å². The minimum atomic E-state index is -0.706. The van der Waals surface area contributed by atoms with Crippen LogP contribution in [0.4, 0.5) is 0 Å². The Morgan fingerprint density at radius 3 is 1.55 bits per heavy atom. The van der Waals surface area contributed by atoms with Crippen LogP contribution in [0.2, 0.25) is 0 Å². The van der Waals surface area contributed by atoms with Gasteiger partial charge in [-0.05, 0) is 41.3 Å². The van der Waals surface area contributed by atoms with Crippen LogP contribution < -0.4 is 0 Å². The molecule has 2 amide bonds. The van der Waals surface area contributed by atoms with Crippen LogP contribution in [0.1, 0.15) is 50.0 Å². The van der Waals surface area contributed by atoms with Crippen LogP contribution in [0.5, 0.6) is 0 Å². The zero-order valence-electron chi connectivity index (χ0n) is 16.8. The van der Waals surface area contributed by atoms with E-state index in [0.717, 1.165) is 32.9 Å². The zero-order valence-corrected chi connectivity index (χ0v) is 16.8. The van der Waals surface area contributed by atoms with Gasteiger partial charge in [0.2, 0.25) is 0 Å². The van der Waals surface area contributed by atoms with E-state index in [2.05, 4.69) is 0 Å². The molecule has 0 N–H and O–H groups in total. The highest BCUT2D eigenvalue weighted by Gasteiger charge is 2.62. The minimum Gasteiger partial charge on any atom is -0.325 e. The van der Waals surface area contributed by atoms with Crippen molar-refractivity contribution in [1.29, 1.82) is 0 Å². The first-order valence-electron chi connectivity index (χ1n) is 10.4. The second kappa shape index (κ2) is 6.38. The van der Waals surface area contributed by atoms with Crippen LogP contribution in [-0.4, -0.2) is 22.8 Å². The second-order valence-electron chi connectivity index (χ2n) is 8.48. The number of aryl methyl sites for hydroxylation is 1. The molecule has 7 rings (SSSR count). The van der Waals surface area contributed by atoms with E-state index in [4.69, 9.17) is 4.84 Å². The van der Waals surface area contributed by atoms with Gasteiger partial charge in [0.1, 0.15) is 0 Å². The maximum Gasteiger partial charge on any atom is 0.363 e. The van der Waals surface area contributed by atoms with Crippen molar-refractivity contribution in [3.63, 3.8) is 0 Å². The molecule has 1 aliphatic heterocycles. The molecule has 2 atom stereocenters. The molecule has 1 saturated heterocycles. The van der Waals surface area contributed by atoms with Crippen molar-refractivity contribution in [2.75, 3.05) is 0 Å². The summed E-state index contributed by atoms with van der Waals surface area (Å²) >= 11 is 0. The summed E-state index contributed by atoms with van der Waals surface area (Å²) < 4.78 is 0. The van der Waals surface area contributed by atoms with Gasteiger partial charge in [-0.1, -0.05) is 66.2 Å². The maximum absolute atomic E-state index is 13.4. The maximum atomic E-state index is 13.4. The van der Waals surface area contributed by atoms with E-state index in [1.807, 2.05) is 55.5 Å². The third-order valence-electron chi connectivity index (χ3n) is 6.87. The van der Waals surface area contributed by atoms with Crippen LogP contribution in [0, 0.1) is 18.8 Å². The molecule has 152 valence electrons. The van der Waals surface area contributed by atoms with Gasteiger partial charge in [-0.15, -0.1) is 5.06 Å². The number of carbonyl (C=O) groups excluding carboxylic acids is 3. The van der Waals surface area contributed by atoms with Crippen molar-refractivity contribution < 1.29 is 19.2 Å². The topological polar surface area (TPSA) is 63.7 Å². The van der Waals surface area contributed by atoms with Crippen molar-refractivity contribution in [3.05, 3.63) is 106 Å².